The van der Waals surface area contributed by atoms with Crippen LogP contribution in [-0.2, 0) is 11.3 Å². The molecule has 0 atom stereocenters. The maximum Gasteiger partial charge on any atom is 0.260 e. The van der Waals surface area contributed by atoms with Crippen LogP contribution in [0.1, 0.15) is 21.5 Å². The molecule has 2 amide bonds. The first-order valence-electron chi connectivity index (χ1n) is 7.12. The number of benzene rings is 2. The Morgan fingerprint density at radius 1 is 1.12 bits per heavy atom. The van der Waals surface area contributed by atoms with Gasteiger partial charge in [-0.3, -0.25) is 14.9 Å². The lowest BCUT2D eigenvalue weighted by Gasteiger charge is -2.18. The van der Waals surface area contributed by atoms with E-state index in [1.54, 1.807) is 42.6 Å². The van der Waals surface area contributed by atoms with Gasteiger partial charge in [0.1, 0.15) is 5.75 Å². The molecule has 122 valence electrons. The molecule has 1 aliphatic heterocycles. The minimum Gasteiger partial charge on any atom is -0.506 e. The van der Waals surface area contributed by atoms with Gasteiger partial charge in [0.2, 0.25) is 0 Å². The van der Waals surface area contributed by atoms with Crippen LogP contribution in [0.2, 0.25) is 0 Å². The number of amides is 2. The van der Waals surface area contributed by atoms with Gasteiger partial charge >= 0.3 is 0 Å². The topological polar surface area (TPSA) is 104 Å². The van der Waals surface area contributed by atoms with Crippen LogP contribution in [0.3, 0.4) is 0 Å². The molecular formula is C17H14BrN3O3. The highest BCUT2D eigenvalue weighted by molar-refractivity contribution is 9.10. The molecule has 0 bridgehead atoms. The summed E-state index contributed by atoms with van der Waals surface area (Å²) in [6.07, 6.45) is 1.56. The lowest BCUT2D eigenvalue weighted by atomic mass is 9.95. The van der Waals surface area contributed by atoms with Gasteiger partial charge in [0.25, 0.3) is 11.8 Å². The molecule has 0 aromatic heterocycles. The van der Waals surface area contributed by atoms with Crippen molar-refractivity contribution >= 4 is 39.0 Å². The van der Waals surface area contributed by atoms with Crippen molar-refractivity contribution in [3.05, 3.63) is 63.8 Å². The van der Waals surface area contributed by atoms with E-state index in [0.29, 0.717) is 28.9 Å². The molecule has 2 aromatic carbocycles. The Kier molecular flexibility index (Phi) is 4.26. The highest BCUT2D eigenvalue weighted by Crippen LogP contribution is 2.27. The number of halogens is 1. The van der Waals surface area contributed by atoms with Gasteiger partial charge < -0.3 is 16.2 Å². The number of anilines is 1. The van der Waals surface area contributed by atoms with E-state index in [9.17, 15) is 14.7 Å². The Bertz CT molecular complexity index is 877. The molecule has 0 radical (unpaired) electrons. The van der Waals surface area contributed by atoms with Gasteiger partial charge in [-0.1, -0.05) is 22.0 Å². The molecule has 7 heteroatoms. The van der Waals surface area contributed by atoms with Gasteiger partial charge in [-0.15, -0.1) is 0 Å². The van der Waals surface area contributed by atoms with Gasteiger partial charge in [0, 0.05) is 28.3 Å². The second-order valence-corrected chi connectivity index (χ2v) is 6.22. The molecule has 1 aliphatic rings. The van der Waals surface area contributed by atoms with Crippen LogP contribution in [0, 0.1) is 0 Å². The highest BCUT2D eigenvalue weighted by Gasteiger charge is 2.27. The number of imide groups is 1. The van der Waals surface area contributed by atoms with Crippen LogP contribution in [0.5, 0.6) is 5.75 Å². The quantitative estimate of drug-likeness (QED) is 0.279. The number of carbonyl (C=O) groups is 2. The molecule has 5 N–H and O–H groups in total. The first-order valence-corrected chi connectivity index (χ1v) is 7.91. The van der Waals surface area contributed by atoms with E-state index in [2.05, 4.69) is 26.6 Å². The van der Waals surface area contributed by atoms with Crippen molar-refractivity contribution < 1.29 is 14.7 Å². The second-order valence-electron chi connectivity index (χ2n) is 5.31. The fourth-order valence-electron chi connectivity index (χ4n) is 2.41. The summed E-state index contributed by atoms with van der Waals surface area (Å²) in [6.45, 7) is 0.391. The van der Waals surface area contributed by atoms with Gasteiger partial charge in [0.15, 0.2) is 0 Å². The fraction of sp³-hybridized carbons (Fsp3) is 0.0588. The third kappa shape index (κ3) is 3.11. The molecule has 0 spiro atoms. The number of phenolic OH excluding ortho intramolecular Hbond substituents is 1. The van der Waals surface area contributed by atoms with Crippen LogP contribution >= 0.6 is 15.9 Å². The summed E-state index contributed by atoms with van der Waals surface area (Å²) in [6, 6.07) is 10.1. The molecule has 0 saturated heterocycles. The Morgan fingerprint density at radius 2 is 1.92 bits per heavy atom. The number of nitrogen functional groups attached to an aromatic ring is 1. The smallest absolute Gasteiger partial charge is 0.260 e. The SMILES string of the molecule is Nc1ccc(CN/C=C2\C(=O)NC(=O)c3ccc(Br)cc32)cc1O. The van der Waals surface area contributed by atoms with Crippen LogP contribution in [0.25, 0.3) is 5.57 Å². The third-order valence-corrected chi connectivity index (χ3v) is 4.13. The molecule has 0 saturated carbocycles. The monoisotopic (exact) mass is 387 g/mol. The summed E-state index contributed by atoms with van der Waals surface area (Å²) < 4.78 is 0.776. The van der Waals surface area contributed by atoms with E-state index in [0.717, 1.165) is 10.0 Å². The average molecular weight is 388 g/mol. The van der Waals surface area contributed by atoms with E-state index in [1.807, 2.05) is 0 Å². The first kappa shape index (κ1) is 16.1. The van der Waals surface area contributed by atoms with Crippen molar-refractivity contribution in [1.29, 1.82) is 0 Å². The van der Waals surface area contributed by atoms with Crippen molar-refractivity contribution in [2.75, 3.05) is 5.73 Å². The zero-order valence-corrected chi connectivity index (χ0v) is 14.1. The summed E-state index contributed by atoms with van der Waals surface area (Å²) in [7, 11) is 0. The molecule has 0 aliphatic carbocycles. The zero-order valence-electron chi connectivity index (χ0n) is 12.5. The number of nitrogens with two attached hydrogens (primary N) is 1. The number of hydrogen-bond acceptors (Lipinski definition) is 5. The molecule has 0 unspecified atom stereocenters. The Labute approximate surface area is 146 Å². The Morgan fingerprint density at radius 3 is 2.67 bits per heavy atom. The predicted molar refractivity (Wildman–Crippen MR) is 94.0 cm³/mol. The normalized spacial score (nSPS) is 15.1. The summed E-state index contributed by atoms with van der Waals surface area (Å²) in [4.78, 5) is 24.0. The predicted octanol–water partition coefficient (Wildman–Crippen LogP) is 2.14. The summed E-state index contributed by atoms with van der Waals surface area (Å²) in [5.41, 5.74) is 8.04. The largest absolute Gasteiger partial charge is 0.506 e. The zero-order chi connectivity index (χ0) is 17.3. The lowest BCUT2D eigenvalue weighted by molar-refractivity contribution is -0.114. The molecule has 3 rings (SSSR count). The van der Waals surface area contributed by atoms with Crippen molar-refractivity contribution in [1.82, 2.24) is 10.6 Å². The van der Waals surface area contributed by atoms with Gasteiger partial charge in [-0.2, -0.15) is 0 Å². The number of phenols is 1. The van der Waals surface area contributed by atoms with Crippen LogP contribution in [-0.4, -0.2) is 16.9 Å². The Hall–Kier alpha value is -2.80. The average Bonchev–Trinajstić information content (AvgIpc) is 2.53. The van der Waals surface area contributed by atoms with Crippen molar-refractivity contribution in [3.8, 4) is 5.75 Å². The first-order chi connectivity index (χ1) is 11.5. The standard InChI is InChI=1S/C17H14BrN3O3/c18-10-2-3-11-12(6-10)13(17(24)21-16(11)23)8-20-7-9-1-4-14(19)15(22)5-9/h1-6,8,20,22H,7,19H2,(H,21,23,24)/b13-8-. The fourth-order valence-corrected chi connectivity index (χ4v) is 2.77. The van der Waals surface area contributed by atoms with Gasteiger partial charge in [-0.05, 0) is 35.9 Å². The molecule has 24 heavy (non-hydrogen) atoms. The van der Waals surface area contributed by atoms with Crippen molar-refractivity contribution in [2.24, 2.45) is 0 Å². The maximum atomic E-state index is 12.1. The van der Waals surface area contributed by atoms with E-state index in [-0.39, 0.29) is 5.75 Å². The summed E-state index contributed by atoms with van der Waals surface area (Å²) in [5.74, 6) is -0.862. The van der Waals surface area contributed by atoms with Crippen LogP contribution in [0.4, 0.5) is 5.69 Å². The number of rotatable bonds is 3. The van der Waals surface area contributed by atoms with Crippen molar-refractivity contribution in [3.63, 3.8) is 0 Å². The third-order valence-electron chi connectivity index (χ3n) is 3.64. The van der Waals surface area contributed by atoms with Crippen LogP contribution < -0.4 is 16.4 Å². The second kappa shape index (κ2) is 6.37. The Balaban J connectivity index is 1.85. The summed E-state index contributed by atoms with van der Waals surface area (Å²) in [5, 5.41) is 14.9. The number of aromatic hydroxyl groups is 1. The van der Waals surface area contributed by atoms with Crippen molar-refractivity contribution in [2.45, 2.75) is 6.54 Å². The molecular weight excluding hydrogens is 374 g/mol. The number of fused-ring (bicyclic) bond motifs is 1. The lowest BCUT2D eigenvalue weighted by Crippen LogP contribution is -2.37. The minimum absolute atomic E-state index is 0.0113. The van der Waals surface area contributed by atoms with Gasteiger partial charge in [-0.25, -0.2) is 0 Å². The molecule has 2 aromatic rings. The van der Waals surface area contributed by atoms with E-state index in [4.69, 9.17) is 5.73 Å². The number of hydrogen-bond donors (Lipinski definition) is 4. The van der Waals surface area contributed by atoms with E-state index >= 15 is 0 Å². The summed E-state index contributed by atoms with van der Waals surface area (Å²) >= 11 is 3.35. The van der Waals surface area contributed by atoms with E-state index in [1.165, 1.54) is 0 Å². The molecule has 1 heterocycles. The highest BCUT2D eigenvalue weighted by atomic mass is 79.9. The molecule has 0 fully saturated rings. The van der Waals surface area contributed by atoms with E-state index < -0.39 is 11.8 Å². The van der Waals surface area contributed by atoms with Crippen LogP contribution in [0.15, 0.2) is 47.1 Å². The number of nitrogens with one attached hydrogen (secondary N) is 2. The van der Waals surface area contributed by atoms with Gasteiger partial charge in [0.05, 0.1) is 11.3 Å². The maximum absolute atomic E-state index is 12.1. The minimum atomic E-state index is -0.460. The molecule has 6 nitrogen and oxygen atoms in total. The number of carbonyl (C=O) groups excluding carboxylic acids is 2.